The molecule has 0 saturated heterocycles. The molecule has 0 saturated carbocycles. The van der Waals surface area contributed by atoms with E-state index in [1.807, 2.05) is 24.3 Å². The summed E-state index contributed by atoms with van der Waals surface area (Å²) in [5.74, 6) is -0.468. The lowest BCUT2D eigenvalue weighted by Gasteiger charge is -1.97. The number of hydrogen-bond donors (Lipinski definition) is 1. The van der Waals surface area contributed by atoms with Gasteiger partial charge in [0.1, 0.15) is 11.3 Å². The summed E-state index contributed by atoms with van der Waals surface area (Å²) in [5.41, 5.74) is 4.53. The number of thioether (sulfide) groups is 1. The zero-order valence-electron chi connectivity index (χ0n) is 11.9. The summed E-state index contributed by atoms with van der Waals surface area (Å²) in [4.78, 5) is 16.0. The van der Waals surface area contributed by atoms with Crippen molar-refractivity contribution in [1.29, 1.82) is 0 Å². The SMILES string of the molecule is O=C(CSc1nc2ccccc2o1)N/N=C/c1ccc(F)cc1. The van der Waals surface area contributed by atoms with Gasteiger partial charge in [0.05, 0.1) is 12.0 Å². The maximum absolute atomic E-state index is 12.7. The monoisotopic (exact) mass is 329 g/mol. The van der Waals surface area contributed by atoms with E-state index < -0.39 is 0 Å². The van der Waals surface area contributed by atoms with Crippen LogP contribution in [0.15, 0.2) is 63.3 Å². The zero-order valence-corrected chi connectivity index (χ0v) is 12.7. The lowest BCUT2D eigenvalue weighted by Crippen LogP contribution is -2.19. The van der Waals surface area contributed by atoms with Gasteiger partial charge in [-0.3, -0.25) is 4.79 Å². The van der Waals surface area contributed by atoms with Crippen molar-refractivity contribution in [1.82, 2.24) is 10.4 Å². The van der Waals surface area contributed by atoms with Crippen molar-refractivity contribution in [2.75, 3.05) is 5.75 Å². The summed E-state index contributed by atoms with van der Waals surface area (Å²) in [5, 5.41) is 4.25. The van der Waals surface area contributed by atoms with Crippen molar-refractivity contribution in [3.05, 3.63) is 59.9 Å². The van der Waals surface area contributed by atoms with Gasteiger partial charge in [0.15, 0.2) is 5.58 Å². The molecule has 0 bridgehead atoms. The molecular formula is C16H12FN3O2S. The van der Waals surface area contributed by atoms with Gasteiger partial charge >= 0.3 is 0 Å². The van der Waals surface area contributed by atoms with Crippen LogP contribution in [0.1, 0.15) is 5.56 Å². The first-order valence-electron chi connectivity index (χ1n) is 6.76. The van der Waals surface area contributed by atoms with Crippen molar-refractivity contribution in [3.8, 4) is 0 Å². The van der Waals surface area contributed by atoms with E-state index in [2.05, 4.69) is 15.5 Å². The second kappa shape index (κ2) is 7.06. The number of benzene rings is 2. The van der Waals surface area contributed by atoms with E-state index in [1.165, 1.54) is 30.1 Å². The molecule has 1 heterocycles. The average molecular weight is 329 g/mol. The Kier molecular flexibility index (Phi) is 4.68. The lowest BCUT2D eigenvalue weighted by atomic mass is 10.2. The van der Waals surface area contributed by atoms with E-state index >= 15 is 0 Å². The van der Waals surface area contributed by atoms with Gasteiger partial charge in [0, 0.05) is 0 Å². The van der Waals surface area contributed by atoms with Crippen LogP contribution in [0.5, 0.6) is 0 Å². The number of hydrogen-bond acceptors (Lipinski definition) is 5. The van der Waals surface area contributed by atoms with E-state index in [0.717, 1.165) is 5.52 Å². The second-order valence-electron chi connectivity index (χ2n) is 4.58. The first-order valence-corrected chi connectivity index (χ1v) is 7.75. The molecule has 0 unspecified atom stereocenters. The summed E-state index contributed by atoms with van der Waals surface area (Å²) in [6.45, 7) is 0. The number of nitrogens with zero attached hydrogens (tertiary/aromatic N) is 2. The molecular weight excluding hydrogens is 317 g/mol. The standard InChI is InChI=1S/C16H12FN3O2S/c17-12-7-5-11(6-8-12)9-18-20-15(21)10-23-16-19-13-3-1-2-4-14(13)22-16/h1-9H,10H2,(H,20,21)/b18-9+. The summed E-state index contributed by atoms with van der Waals surface area (Å²) in [6.07, 6.45) is 1.45. The molecule has 1 N–H and O–H groups in total. The lowest BCUT2D eigenvalue weighted by molar-refractivity contribution is -0.118. The molecule has 7 heteroatoms. The molecule has 2 aromatic carbocycles. The predicted molar refractivity (Wildman–Crippen MR) is 86.9 cm³/mol. The number of amides is 1. The van der Waals surface area contributed by atoms with Crippen LogP contribution in [-0.4, -0.2) is 22.9 Å². The Bertz CT molecular complexity index is 813. The highest BCUT2D eigenvalue weighted by molar-refractivity contribution is 7.99. The summed E-state index contributed by atoms with van der Waals surface area (Å²) < 4.78 is 18.2. The van der Waals surface area contributed by atoms with Crippen LogP contribution in [0.4, 0.5) is 4.39 Å². The number of oxazole rings is 1. The van der Waals surface area contributed by atoms with E-state index in [4.69, 9.17) is 4.42 Å². The number of para-hydroxylation sites is 2. The molecule has 0 spiro atoms. The number of hydrazone groups is 1. The quantitative estimate of drug-likeness (QED) is 0.443. The number of nitrogens with one attached hydrogen (secondary N) is 1. The predicted octanol–water partition coefficient (Wildman–Crippen LogP) is 3.21. The first kappa shape index (κ1) is 15.2. The average Bonchev–Trinajstić information content (AvgIpc) is 2.98. The molecule has 3 rings (SSSR count). The fourth-order valence-electron chi connectivity index (χ4n) is 1.80. The van der Waals surface area contributed by atoms with Gasteiger partial charge in [-0.05, 0) is 29.8 Å². The number of halogens is 1. The Balaban J connectivity index is 1.50. The van der Waals surface area contributed by atoms with Gasteiger partial charge in [-0.15, -0.1) is 0 Å². The molecule has 0 radical (unpaired) electrons. The molecule has 3 aromatic rings. The third kappa shape index (κ3) is 4.17. The maximum atomic E-state index is 12.7. The molecule has 23 heavy (non-hydrogen) atoms. The van der Waals surface area contributed by atoms with Gasteiger partial charge in [-0.1, -0.05) is 36.0 Å². The topological polar surface area (TPSA) is 67.5 Å². The van der Waals surface area contributed by atoms with Gasteiger partial charge < -0.3 is 4.42 Å². The molecule has 1 aromatic heterocycles. The van der Waals surface area contributed by atoms with E-state index in [9.17, 15) is 9.18 Å². The molecule has 0 atom stereocenters. The molecule has 0 aliphatic rings. The Morgan fingerprint density at radius 2 is 2.04 bits per heavy atom. The molecule has 0 aliphatic heterocycles. The van der Waals surface area contributed by atoms with Crippen LogP contribution >= 0.6 is 11.8 Å². The van der Waals surface area contributed by atoms with E-state index in [-0.39, 0.29) is 17.5 Å². The second-order valence-corrected chi connectivity index (χ2v) is 5.51. The Hall–Kier alpha value is -2.67. The maximum Gasteiger partial charge on any atom is 0.257 e. The van der Waals surface area contributed by atoms with Gasteiger partial charge in [-0.25, -0.2) is 14.8 Å². The molecule has 0 fully saturated rings. The summed E-state index contributed by atoms with van der Waals surface area (Å²) in [7, 11) is 0. The molecule has 1 amide bonds. The van der Waals surface area contributed by atoms with Crippen LogP contribution in [-0.2, 0) is 4.79 Å². The first-order chi connectivity index (χ1) is 11.2. The van der Waals surface area contributed by atoms with Crippen LogP contribution in [0, 0.1) is 5.82 Å². The van der Waals surface area contributed by atoms with Crippen molar-refractivity contribution >= 4 is 35.0 Å². The molecule has 0 aliphatic carbocycles. The fourth-order valence-corrected chi connectivity index (χ4v) is 2.43. The van der Waals surface area contributed by atoms with E-state index in [0.29, 0.717) is 16.4 Å². The smallest absolute Gasteiger partial charge is 0.257 e. The van der Waals surface area contributed by atoms with Gasteiger partial charge in [-0.2, -0.15) is 5.10 Å². The third-order valence-corrected chi connectivity index (χ3v) is 3.70. The minimum atomic E-state index is -0.319. The van der Waals surface area contributed by atoms with Crippen molar-refractivity contribution < 1.29 is 13.6 Å². The van der Waals surface area contributed by atoms with Crippen molar-refractivity contribution in [2.24, 2.45) is 5.10 Å². The largest absolute Gasteiger partial charge is 0.431 e. The van der Waals surface area contributed by atoms with Crippen LogP contribution < -0.4 is 5.43 Å². The summed E-state index contributed by atoms with van der Waals surface area (Å²) >= 11 is 1.19. The highest BCUT2D eigenvalue weighted by atomic mass is 32.2. The minimum absolute atomic E-state index is 0.133. The molecule has 5 nitrogen and oxygen atoms in total. The zero-order chi connectivity index (χ0) is 16.1. The van der Waals surface area contributed by atoms with Crippen molar-refractivity contribution in [3.63, 3.8) is 0 Å². The number of carbonyl (C=O) groups is 1. The minimum Gasteiger partial charge on any atom is -0.431 e. The van der Waals surface area contributed by atoms with Crippen LogP contribution in [0.25, 0.3) is 11.1 Å². The van der Waals surface area contributed by atoms with Crippen LogP contribution in [0.2, 0.25) is 0 Å². The number of carbonyl (C=O) groups excluding carboxylic acids is 1. The van der Waals surface area contributed by atoms with Crippen LogP contribution in [0.3, 0.4) is 0 Å². The number of aromatic nitrogens is 1. The van der Waals surface area contributed by atoms with Crippen molar-refractivity contribution in [2.45, 2.75) is 5.22 Å². The highest BCUT2D eigenvalue weighted by Gasteiger charge is 2.08. The Morgan fingerprint density at radius 3 is 2.83 bits per heavy atom. The number of fused-ring (bicyclic) bond motifs is 1. The Labute approximate surface area is 135 Å². The van der Waals surface area contributed by atoms with Gasteiger partial charge in [0.25, 0.3) is 11.1 Å². The number of rotatable bonds is 5. The fraction of sp³-hybridized carbons (Fsp3) is 0.0625. The van der Waals surface area contributed by atoms with E-state index in [1.54, 1.807) is 12.1 Å². The molecule has 116 valence electrons. The highest BCUT2D eigenvalue weighted by Crippen LogP contribution is 2.22. The normalized spacial score (nSPS) is 11.2. The van der Waals surface area contributed by atoms with Gasteiger partial charge in [0.2, 0.25) is 0 Å². The third-order valence-electron chi connectivity index (χ3n) is 2.87. The summed E-state index contributed by atoms with van der Waals surface area (Å²) in [6, 6.07) is 13.2. The Morgan fingerprint density at radius 1 is 1.26 bits per heavy atom.